The van der Waals surface area contributed by atoms with E-state index in [9.17, 15) is 0 Å². The van der Waals surface area contributed by atoms with Crippen LogP contribution in [0.1, 0.15) is 51.4 Å². The fourth-order valence-electron chi connectivity index (χ4n) is 1.91. The third kappa shape index (κ3) is 5.66. The molecule has 1 aliphatic heterocycles. The molecule has 1 nitrogen and oxygen atoms in total. The van der Waals surface area contributed by atoms with Crippen LogP contribution >= 0.6 is 11.6 Å². The van der Waals surface area contributed by atoms with Crippen molar-refractivity contribution in [1.82, 2.24) is 0 Å². The summed E-state index contributed by atoms with van der Waals surface area (Å²) < 4.78 is 5.67. The summed E-state index contributed by atoms with van der Waals surface area (Å²) in [5.41, 5.74) is 1.62. The minimum absolute atomic E-state index is 0.562. The van der Waals surface area contributed by atoms with E-state index in [2.05, 4.69) is 0 Å². The summed E-state index contributed by atoms with van der Waals surface area (Å²) in [4.78, 5) is 0. The first-order chi connectivity index (χ1) is 6.93. The molecule has 0 radical (unpaired) electrons. The molecule has 82 valence electrons. The van der Waals surface area contributed by atoms with Gasteiger partial charge < -0.3 is 4.74 Å². The lowest BCUT2D eigenvalue weighted by molar-refractivity contribution is 0.00980. The van der Waals surface area contributed by atoms with Crippen molar-refractivity contribution >= 4 is 11.6 Å². The highest BCUT2D eigenvalue weighted by Gasteiger charge is 2.12. The van der Waals surface area contributed by atoms with Crippen molar-refractivity contribution in [2.24, 2.45) is 0 Å². The Morgan fingerprint density at radius 2 is 2.14 bits per heavy atom. The van der Waals surface area contributed by atoms with Gasteiger partial charge in [-0.05, 0) is 38.5 Å². The SMILES string of the molecule is Cl/C=C\CCCCCC1CCCCO1. The largest absolute Gasteiger partial charge is 0.378 e. The molecule has 1 heterocycles. The maximum Gasteiger partial charge on any atom is 0.0575 e. The van der Waals surface area contributed by atoms with E-state index in [1.165, 1.54) is 44.9 Å². The lowest BCUT2D eigenvalue weighted by Crippen LogP contribution is -2.18. The van der Waals surface area contributed by atoms with Crippen LogP contribution in [-0.4, -0.2) is 12.7 Å². The van der Waals surface area contributed by atoms with E-state index in [-0.39, 0.29) is 0 Å². The van der Waals surface area contributed by atoms with Gasteiger partial charge in [-0.25, -0.2) is 0 Å². The van der Waals surface area contributed by atoms with E-state index in [4.69, 9.17) is 16.3 Å². The highest BCUT2D eigenvalue weighted by molar-refractivity contribution is 6.25. The predicted molar refractivity (Wildman–Crippen MR) is 61.7 cm³/mol. The Balaban J connectivity index is 1.87. The second kappa shape index (κ2) is 8.31. The molecule has 0 saturated carbocycles. The average molecular weight is 217 g/mol. The normalized spacial score (nSPS) is 23.1. The van der Waals surface area contributed by atoms with E-state index in [0.717, 1.165) is 13.0 Å². The highest BCUT2D eigenvalue weighted by Crippen LogP contribution is 2.18. The van der Waals surface area contributed by atoms with Gasteiger partial charge in [-0.3, -0.25) is 0 Å². The molecule has 1 saturated heterocycles. The number of hydrogen-bond donors (Lipinski definition) is 0. The van der Waals surface area contributed by atoms with Gasteiger partial charge in [0.25, 0.3) is 0 Å². The van der Waals surface area contributed by atoms with Gasteiger partial charge >= 0.3 is 0 Å². The maximum atomic E-state index is 5.67. The molecule has 0 aromatic heterocycles. The molecule has 2 heteroatoms. The summed E-state index contributed by atoms with van der Waals surface area (Å²) >= 11 is 5.44. The Labute approximate surface area is 92.5 Å². The molecule has 1 aliphatic rings. The monoisotopic (exact) mass is 216 g/mol. The van der Waals surface area contributed by atoms with Crippen LogP contribution in [0.5, 0.6) is 0 Å². The Morgan fingerprint density at radius 1 is 1.21 bits per heavy atom. The van der Waals surface area contributed by atoms with E-state index < -0.39 is 0 Å². The zero-order valence-corrected chi connectivity index (χ0v) is 9.64. The molecule has 0 aliphatic carbocycles. The van der Waals surface area contributed by atoms with Gasteiger partial charge in [0, 0.05) is 12.1 Å². The van der Waals surface area contributed by atoms with Gasteiger partial charge in [-0.15, -0.1) is 0 Å². The summed E-state index contributed by atoms with van der Waals surface area (Å²) in [5.74, 6) is 0. The van der Waals surface area contributed by atoms with Crippen LogP contribution in [-0.2, 0) is 4.74 Å². The van der Waals surface area contributed by atoms with E-state index in [0.29, 0.717) is 6.10 Å². The van der Waals surface area contributed by atoms with Crippen LogP contribution < -0.4 is 0 Å². The summed E-state index contributed by atoms with van der Waals surface area (Å²) in [6, 6.07) is 0. The summed E-state index contributed by atoms with van der Waals surface area (Å²) in [5, 5.41) is 0. The first kappa shape index (κ1) is 12.1. The van der Waals surface area contributed by atoms with E-state index >= 15 is 0 Å². The van der Waals surface area contributed by atoms with Crippen molar-refractivity contribution in [1.29, 1.82) is 0 Å². The Bertz CT molecular complexity index is 150. The van der Waals surface area contributed by atoms with Gasteiger partial charge in [-0.1, -0.05) is 30.5 Å². The Hall–Kier alpha value is -0.0100. The van der Waals surface area contributed by atoms with Crippen molar-refractivity contribution in [3.63, 3.8) is 0 Å². The van der Waals surface area contributed by atoms with Crippen LogP contribution in [0.15, 0.2) is 11.6 Å². The van der Waals surface area contributed by atoms with E-state index in [1.54, 1.807) is 5.54 Å². The maximum absolute atomic E-state index is 5.67. The van der Waals surface area contributed by atoms with Gasteiger partial charge in [0.05, 0.1) is 6.10 Å². The molecule has 0 aromatic carbocycles. The molecular weight excluding hydrogens is 196 g/mol. The van der Waals surface area contributed by atoms with Gasteiger partial charge in [-0.2, -0.15) is 0 Å². The van der Waals surface area contributed by atoms with E-state index in [1.807, 2.05) is 6.08 Å². The van der Waals surface area contributed by atoms with Crippen LogP contribution in [0.2, 0.25) is 0 Å². The fraction of sp³-hybridized carbons (Fsp3) is 0.833. The average Bonchev–Trinajstić information content (AvgIpc) is 2.25. The van der Waals surface area contributed by atoms with Crippen molar-refractivity contribution in [2.45, 2.75) is 57.5 Å². The van der Waals surface area contributed by atoms with Crippen molar-refractivity contribution in [2.75, 3.05) is 6.61 Å². The number of allylic oxidation sites excluding steroid dienone is 1. The van der Waals surface area contributed by atoms with Crippen molar-refractivity contribution in [3.05, 3.63) is 11.6 Å². The molecule has 0 aromatic rings. The Kier molecular flexibility index (Phi) is 7.16. The second-order valence-corrected chi connectivity index (χ2v) is 4.24. The first-order valence-corrected chi connectivity index (χ1v) is 6.24. The zero-order valence-electron chi connectivity index (χ0n) is 8.88. The third-order valence-corrected chi connectivity index (χ3v) is 2.94. The number of unbranched alkanes of at least 4 members (excludes halogenated alkanes) is 3. The molecule has 0 amide bonds. The van der Waals surface area contributed by atoms with Crippen LogP contribution in [0.25, 0.3) is 0 Å². The third-order valence-electron chi connectivity index (χ3n) is 2.76. The van der Waals surface area contributed by atoms with Gasteiger partial charge in [0.2, 0.25) is 0 Å². The topological polar surface area (TPSA) is 9.23 Å². The molecular formula is C12H21ClO. The van der Waals surface area contributed by atoms with Crippen molar-refractivity contribution < 1.29 is 4.74 Å². The summed E-state index contributed by atoms with van der Waals surface area (Å²) in [7, 11) is 0. The second-order valence-electron chi connectivity index (χ2n) is 3.99. The lowest BCUT2D eigenvalue weighted by atomic mass is 10.0. The molecule has 1 fully saturated rings. The molecule has 0 N–H and O–H groups in total. The molecule has 0 bridgehead atoms. The minimum Gasteiger partial charge on any atom is -0.378 e. The lowest BCUT2D eigenvalue weighted by Gasteiger charge is -2.22. The predicted octanol–water partition coefficient (Wildman–Crippen LogP) is 4.26. The highest BCUT2D eigenvalue weighted by atomic mass is 35.5. The molecule has 14 heavy (non-hydrogen) atoms. The quantitative estimate of drug-likeness (QED) is 0.603. The van der Waals surface area contributed by atoms with Crippen LogP contribution in [0, 0.1) is 0 Å². The Morgan fingerprint density at radius 3 is 2.86 bits per heavy atom. The molecule has 1 atom stereocenters. The number of rotatable bonds is 6. The smallest absolute Gasteiger partial charge is 0.0575 e. The number of halogens is 1. The molecule has 1 unspecified atom stereocenters. The summed E-state index contributed by atoms with van der Waals surface area (Å²) in [6.45, 7) is 0.986. The van der Waals surface area contributed by atoms with Gasteiger partial charge in [0.1, 0.15) is 0 Å². The van der Waals surface area contributed by atoms with Crippen LogP contribution in [0.4, 0.5) is 0 Å². The van der Waals surface area contributed by atoms with Gasteiger partial charge in [0.15, 0.2) is 0 Å². The molecule has 0 spiro atoms. The number of hydrogen-bond acceptors (Lipinski definition) is 1. The molecule has 1 rings (SSSR count). The number of ether oxygens (including phenoxy) is 1. The minimum atomic E-state index is 0.562. The van der Waals surface area contributed by atoms with Crippen molar-refractivity contribution in [3.8, 4) is 0 Å². The van der Waals surface area contributed by atoms with Crippen LogP contribution in [0.3, 0.4) is 0 Å². The first-order valence-electron chi connectivity index (χ1n) is 5.80. The zero-order chi connectivity index (χ0) is 10.1. The fourth-order valence-corrected chi connectivity index (χ4v) is 2.04. The standard InChI is InChI=1S/C12H21ClO/c13-10-6-3-1-2-4-8-12-9-5-7-11-14-12/h6,10,12H,1-5,7-9,11H2/b10-6-. The summed E-state index contributed by atoms with van der Waals surface area (Å²) in [6.07, 6.45) is 12.7.